The lowest BCUT2D eigenvalue weighted by Gasteiger charge is -2.10. The average molecular weight is 329 g/mol. The monoisotopic (exact) mass is 329 g/mol. The van der Waals surface area contributed by atoms with E-state index in [1.807, 2.05) is 33.2 Å². The summed E-state index contributed by atoms with van der Waals surface area (Å²) in [5.74, 6) is 1.12. The van der Waals surface area contributed by atoms with E-state index in [0.29, 0.717) is 18.1 Å². The molecule has 0 aliphatic rings. The van der Waals surface area contributed by atoms with Crippen molar-refractivity contribution in [2.24, 2.45) is 0 Å². The molecule has 0 aliphatic carbocycles. The van der Waals surface area contributed by atoms with Gasteiger partial charge < -0.3 is 20.3 Å². The van der Waals surface area contributed by atoms with Crippen molar-refractivity contribution in [2.75, 3.05) is 44.4 Å². The Morgan fingerprint density at radius 3 is 2.46 bits per heavy atom. The summed E-state index contributed by atoms with van der Waals surface area (Å²) in [6.45, 7) is 4.19. The van der Waals surface area contributed by atoms with Gasteiger partial charge in [-0.2, -0.15) is 0 Å². The molecule has 7 nitrogen and oxygen atoms in total. The van der Waals surface area contributed by atoms with Crippen LogP contribution in [0.5, 0.6) is 5.75 Å². The number of anilines is 2. The second-order valence-corrected chi connectivity index (χ2v) is 5.45. The lowest BCUT2D eigenvalue weighted by Crippen LogP contribution is -2.21. The van der Waals surface area contributed by atoms with Crippen molar-refractivity contribution in [2.45, 2.75) is 6.92 Å². The number of nitrogens with one attached hydrogen (secondary N) is 2. The second kappa shape index (κ2) is 8.83. The molecule has 128 valence electrons. The Morgan fingerprint density at radius 1 is 1.12 bits per heavy atom. The third-order valence-corrected chi connectivity index (χ3v) is 3.19. The molecule has 0 spiro atoms. The molecule has 7 heteroatoms. The van der Waals surface area contributed by atoms with Gasteiger partial charge in [-0.3, -0.25) is 4.79 Å². The first-order valence-electron chi connectivity index (χ1n) is 7.85. The smallest absolute Gasteiger partial charge is 0.276 e. The molecular formula is C17H23N5O2. The molecule has 0 radical (unpaired) electrons. The topological polar surface area (TPSA) is 79.4 Å². The molecule has 0 bridgehead atoms. The third-order valence-electron chi connectivity index (χ3n) is 3.19. The van der Waals surface area contributed by atoms with E-state index in [-0.39, 0.29) is 11.6 Å². The molecule has 2 aromatic rings. The van der Waals surface area contributed by atoms with Gasteiger partial charge in [0.2, 0.25) is 0 Å². The molecule has 2 rings (SSSR count). The van der Waals surface area contributed by atoms with Crippen molar-refractivity contribution in [3.8, 4) is 5.75 Å². The summed E-state index contributed by atoms with van der Waals surface area (Å²) in [6, 6.07) is 10.6. The molecule has 2 N–H and O–H groups in total. The van der Waals surface area contributed by atoms with Gasteiger partial charge in [0.25, 0.3) is 5.91 Å². The standard InChI is InChI=1S/C17H23N5O2/c1-4-24-14-7-5-13(6-8-14)19-17(23)15-9-10-16(21-20-15)18-11-12-22(2)3/h5-10H,4,11-12H2,1-3H3,(H,18,21)(H,19,23). The fourth-order valence-electron chi connectivity index (χ4n) is 1.95. The number of amides is 1. The normalized spacial score (nSPS) is 10.5. The van der Waals surface area contributed by atoms with E-state index in [1.54, 1.807) is 24.3 Å². The largest absolute Gasteiger partial charge is 0.494 e. The Hall–Kier alpha value is -2.67. The summed E-state index contributed by atoms with van der Waals surface area (Å²) < 4.78 is 5.37. The maximum absolute atomic E-state index is 12.2. The van der Waals surface area contributed by atoms with E-state index in [2.05, 4.69) is 25.7 Å². The minimum Gasteiger partial charge on any atom is -0.494 e. The molecule has 0 atom stereocenters. The molecule has 0 unspecified atom stereocenters. The quantitative estimate of drug-likeness (QED) is 0.772. The van der Waals surface area contributed by atoms with Crippen LogP contribution in [0.15, 0.2) is 36.4 Å². The maximum Gasteiger partial charge on any atom is 0.276 e. The van der Waals surface area contributed by atoms with E-state index in [1.165, 1.54) is 0 Å². The van der Waals surface area contributed by atoms with E-state index < -0.39 is 0 Å². The molecule has 0 saturated carbocycles. The predicted octanol–water partition coefficient (Wildman–Crippen LogP) is 2.10. The van der Waals surface area contributed by atoms with Crippen LogP contribution in [0.4, 0.5) is 11.5 Å². The number of carbonyl (C=O) groups excluding carboxylic acids is 1. The number of likely N-dealkylation sites (N-methyl/N-ethyl adjacent to an activating group) is 1. The van der Waals surface area contributed by atoms with Crippen LogP contribution in [0.1, 0.15) is 17.4 Å². The van der Waals surface area contributed by atoms with Crippen molar-refractivity contribution >= 4 is 17.4 Å². The summed E-state index contributed by atoms with van der Waals surface area (Å²) >= 11 is 0. The van der Waals surface area contributed by atoms with E-state index in [0.717, 1.165) is 18.8 Å². The molecule has 1 aromatic carbocycles. The molecule has 1 amide bonds. The fraction of sp³-hybridized carbons (Fsp3) is 0.353. The highest BCUT2D eigenvalue weighted by atomic mass is 16.5. The van der Waals surface area contributed by atoms with E-state index in [4.69, 9.17) is 4.74 Å². The summed E-state index contributed by atoms with van der Waals surface area (Å²) in [6.07, 6.45) is 0. The lowest BCUT2D eigenvalue weighted by molar-refractivity contribution is 0.102. The van der Waals surface area contributed by atoms with Crippen LogP contribution in [0.25, 0.3) is 0 Å². The van der Waals surface area contributed by atoms with Crippen LogP contribution in [-0.2, 0) is 0 Å². The Labute approximate surface area is 142 Å². The zero-order valence-corrected chi connectivity index (χ0v) is 14.2. The van der Waals surface area contributed by atoms with Gasteiger partial charge >= 0.3 is 0 Å². The minimum absolute atomic E-state index is 0.266. The Balaban J connectivity index is 1.89. The molecule has 1 aromatic heterocycles. The Kier molecular flexibility index (Phi) is 6.51. The number of benzene rings is 1. The van der Waals surface area contributed by atoms with Crippen LogP contribution in [0, 0.1) is 0 Å². The van der Waals surface area contributed by atoms with Gasteiger partial charge in [0.15, 0.2) is 5.69 Å². The number of nitrogens with zero attached hydrogens (tertiary/aromatic N) is 3. The zero-order valence-electron chi connectivity index (χ0n) is 14.2. The van der Waals surface area contributed by atoms with Crippen LogP contribution < -0.4 is 15.4 Å². The summed E-state index contributed by atoms with van der Waals surface area (Å²) in [5.41, 5.74) is 0.945. The van der Waals surface area contributed by atoms with Crippen LogP contribution in [0.3, 0.4) is 0 Å². The van der Waals surface area contributed by atoms with Gasteiger partial charge in [-0.15, -0.1) is 10.2 Å². The summed E-state index contributed by atoms with van der Waals surface area (Å²) in [5, 5.41) is 13.9. The SMILES string of the molecule is CCOc1ccc(NC(=O)c2ccc(NCCN(C)C)nn2)cc1. The first-order valence-corrected chi connectivity index (χ1v) is 7.85. The molecule has 0 aliphatic heterocycles. The molecule has 24 heavy (non-hydrogen) atoms. The van der Waals surface area contributed by atoms with Gasteiger partial charge in [0, 0.05) is 18.8 Å². The molecule has 0 fully saturated rings. The average Bonchev–Trinajstić information content (AvgIpc) is 2.57. The van der Waals surface area contributed by atoms with Crippen molar-refractivity contribution in [1.29, 1.82) is 0 Å². The highest BCUT2D eigenvalue weighted by molar-refractivity contribution is 6.02. The highest BCUT2D eigenvalue weighted by Gasteiger charge is 2.09. The number of ether oxygens (including phenoxy) is 1. The number of carbonyl (C=O) groups is 1. The molecular weight excluding hydrogens is 306 g/mol. The van der Waals surface area contributed by atoms with E-state index >= 15 is 0 Å². The summed E-state index contributed by atoms with van der Waals surface area (Å²) in [7, 11) is 4.00. The van der Waals surface area contributed by atoms with Gasteiger partial charge in [0.1, 0.15) is 11.6 Å². The number of aromatic nitrogens is 2. The number of hydrogen-bond acceptors (Lipinski definition) is 6. The minimum atomic E-state index is -0.300. The number of rotatable bonds is 8. The van der Waals surface area contributed by atoms with Gasteiger partial charge in [-0.25, -0.2) is 0 Å². The van der Waals surface area contributed by atoms with Gasteiger partial charge in [0.05, 0.1) is 6.61 Å². The second-order valence-electron chi connectivity index (χ2n) is 5.45. The van der Waals surface area contributed by atoms with Gasteiger partial charge in [-0.1, -0.05) is 0 Å². The van der Waals surface area contributed by atoms with Crippen molar-refractivity contribution in [3.05, 3.63) is 42.1 Å². The zero-order chi connectivity index (χ0) is 17.4. The first kappa shape index (κ1) is 17.7. The Morgan fingerprint density at radius 2 is 1.88 bits per heavy atom. The number of hydrogen-bond donors (Lipinski definition) is 2. The molecule has 0 saturated heterocycles. The van der Waals surface area contributed by atoms with Crippen molar-refractivity contribution < 1.29 is 9.53 Å². The first-order chi connectivity index (χ1) is 11.6. The fourth-order valence-corrected chi connectivity index (χ4v) is 1.95. The maximum atomic E-state index is 12.2. The lowest BCUT2D eigenvalue weighted by atomic mass is 10.3. The molecule has 1 heterocycles. The Bertz CT molecular complexity index is 641. The van der Waals surface area contributed by atoms with Crippen LogP contribution in [-0.4, -0.2) is 54.8 Å². The third kappa shape index (κ3) is 5.51. The van der Waals surface area contributed by atoms with Gasteiger partial charge in [-0.05, 0) is 57.4 Å². The summed E-state index contributed by atoms with van der Waals surface area (Å²) in [4.78, 5) is 14.2. The van der Waals surface area contributed by atoms with Crippen molar-refractivity contribution in [1.82, 2.24) is 15.1 Å². The van der Waals surface area contributed by atoms with Crippen LogP contribution >= 0.6 is 0 Å². The highest BCUT2D eigenvalue weighted by Crippen LogP contribution is 2.16. The van der Waals surface area contributed by atoms with Crippen LogP contribution in [0.2, 0.25) is 0 Å². The van der Waals surface area contributed by atoms with E-state index in [9.17, 15) is 4.79 Å². The predicted molar refractivity (Wildman–Crippen MR) is 94.6 cm³/mol. The van der Waals surface area contributed by atoms with Crippen molar-refractivity contribution in [3.63, 3.8) is 0 Å².